The molecule has 6 nitrogen and oxygen atoms in total. The molecular weight excluding hydrogens is 299 g/mol. The van der Waals surface area contributed by atoms with Crippen molar-refractivity contribution in [2.75, 3.05) is 18.4 Å². The zero-order chi connectivity index (χ0) is 16.6. The zero-order valence-corrected chi connectivity index (χ0v) is 13.0. The van der Waals surface area contributed by atoms with Crippen molar-refractivity contribution in [3.8, 4) is 0 Å². The Morgan fingerprint density at radius 3 is 2.57 bits per heavy atom. The van der Waals surface area contributed by atoms with E-state index in [2.05, 4.69) is 10.4 Å². The smallest absolute Gasteiger partial charge is 0.323 e. The molecule has 0 unspecified atom stereocenters. The van der Waals surface area contributed by atoms with Gasteiger partial charge in [0.1, 0.15) is 17.2 Å². The van der Waals surface area contributed by atoms with Crippen molar-refractivity contribution in [3.05, 3.63) is 47.9 Å². The van der Waals surface area contributed by atoms with Gasteiger partial charge in [0.05, 0.1) is 19.3 Å². The monoisotopic (exact) mass is 318 g/mol. The highest BCUT2D eigenvalue weighted by atomic mass is 19.1. The number of halogens is 1. The van der Waals surface area contributed by atoms with E-state index in [1.165, 1.54) is 17.0 Å². The van der Waals surface area contributed by atoms with Gasteiger partial charge in [-0.15, -0.1) is 0 Å². The highest BCUT2D eigenvalue weighted by Gasteiger charge is 2.45. The number of carbonyl (C=O) groups excluding carboxylic acids is 1. The summed E-state index contributed by atoms with van der Waals surface area (Å²) in [5, 5.41) is 17.4. The van der Waals surface area contributed by atoms with Gasteiger partial charge in [-0.2, -0.15) is 5.10 Å². The lowest BCUT2D eigenvalue weighted by Crippen LogP contribution is -2.62. The van der Waals surface area contributed by atoms with Crippen LogP contribution in [0.2, 0.25) is 0 Å². The van der Waals surface area contributed by atoms with Crippen LogP contribution >= 0.6 is 0 Å². The Balaban J connectivity index is 1.63. The quantitative estimate of drug-likeness (QED) is 0.912. The van der Waals surface area contributed by atoms with E-state index in [-0.39, 0.29) is 31.0 Å². The fourth-order valence-electron chi connectivity index (χ4n) is 2.68. The Morgan fingerprint density at radius 1 is 1.30 bits per heavy atom. The highest BCUT2D eigenvalue weighted by molar-refractivity contribution is 5.89. The molecule has 0 aliphatic carbocycles. The third kappa shape index (κ3) is 2.92. The number of anilines is 1. The average Bonchev–Trinajstić information content (AvgIpc) is 2.93. The summed E-state index contributed by atoms with van der Waals surface area (Å²) in [4.78, 5) is 13.7. The van der Waals surface area contributed by atoms with Gasteiger partial charge in [-0.05, 0) is 31.5 Å². The summed E-state index contributed by atoms with van der Waals surface area (Å²) >= 11 is 0. The van der Waals surface area contributed by atoms with E-state index in [4.69, 9.17) is 0 Å². The largest absolute Gasteiger partial charge is 0.381 e. The Labute approximate surface area is 133 Å². The highest BCUT2D eigenvalue weighted by Crippen LogP contribution is 2.32. The van der Waals surface area contributed by atoms with Crippen LogP contribution in [0.25, 0.3) is 0 Å². The van der Waals surface area contributed by atoms with Crippen molar-refractivity contribution in [2.24, 2.45) is 0 Å². The van der Waals surface area contributed by atoms with Gasteiger partial charge in [-0.25, -0.2) is 13.9 Å². The van der Waals surface area contributed by atoms with E-state index in [0.717, 1.165) is 0 Å². The van der Waals surface area contributed by atoms with Crippen LogP contribution in [0, 0.1) is 5.82 Å². The first-order valence-corrected chi connectivity index (χ1v) is 7.47. The molecule has 0 spiro atoms. The summed E-state index contributed by atoms with van der Waals surface area (Å²) in [6, 6.07) is 7.25. The summed E-state index contributed by atoms with van der Waals surface area (Å²) in [7, 11) is 0. The third-order valence-corrected chi connectivity index (χ3v) is 3.97. The minimum absolute atomic E-state index is 0.132. The van der Waals surface area contributed by atoms with Crippen molar-refractivity contribution in [1.82, 2.24) is 14.7 Å². The van der Waals surface area contributed by atoms with Gasteiger partial charge in [0.2, 0.25) is 0 Å². The minimum atomic E-state index is -1.12. The lowest BCUT2D eigenvalue weighted by Gasteiger charge is -2.46. The molecule has 2 amide bonds. The molecule has 2 aromatic rings. The number of likely N-dealkylation sites (tertiary alicyclic amines) is 1. The lowest BCUT2D eigenvalue weighted by atomic mass is 9.86. The van der Waals surface area contributed by atoms with Crippen molar-refractivity contribution in [3.63, 3.8) is 0 Å². The van der Waals surface area contributed by atoms with E-state index < -0.39 is 5.60 Å². The maximum absolute atomic E-state index is 13.0. The number of rotatable bonds is 3. The molecule has 2 heterocycles. The van der Waals surface area contributed by atoms with E-state index in [1.807, 2.05) is 13.8 Å². The average molecular weight is 318 g/mol. The molecule has 1 aromatic carbocycles. The predicted octanol–water partition coefficient (Wildman–Crippen LogP) is 2.34. The fourth-order valence-corrected chi connectivity index (χ4v) is 2.68. The van der Waals surface area contributed by atoms with Crippen molar-refractivity contribution < 1.29 is 14.3 Å². The van der Waals surface area contributed by atoms with E-state index in [9.17, 15) is 14.3 Å². The van der Waals surface area contributed by atoms with Gasteiger partial charge in [0.25, 0.3) is 0 Å². The molecule has 1 saturated heterocycles. The molecule has 7 heteroatoms. The molecule has 0 atom stereocenters. The standard InChI is InChI=1S/C16H19FN4O2/c1-11(2)21-14(7-8-18-21)19-15(22)20-9-16(23,10-20)12-3-5-13(17)6-4-12/h3-8,11,23H,9-10H2,1-2H3,(H,19,22). The molecule has 1 aliphatic heterocycles. The van der Waals surface area contributed by atoms with Crippen LogP contribution in [0.15, 0.2) is 36.5 Å². The maximum Gasteiger partial charge on any atom is 0.323 e. The second kappa shape index (κ2) is 5.66. The van der Waals surface area contributed by atoms with Gasteiger partial charge in [-0.3, -0.25) is 5.32 Å². The number of hydrogen-bond acceptors (Lipinski definition) is 3. The molecule has 0 bridgehead atoms. The Hall–Kier alpha value is -2.41. The summed E-state index contributed by atoms with van der Waals surface area (Å²) in [6.45, 7) is 4.28. The molecule has 1 fully saturated rings. The van der Waals surface area contributed by atoms with Gasteiger partial charge >= 0.3 is 6.03 Å². The second-order valence-corrected chi connectivity index (χ2v) is 6.08. The summed E-state index contributed by atoms with van der Waals surface area (Å²) in [5.74, 6) is 0.260. The number of benzene rings is 1. The number of nitrogens with zero attached hydrogens (tertiary/aromatic N) is 3. The SMILES string of the molecule is CC(C)n1nccc1NC(=O)N1CC(O)(c2ccc(F)cc2)C1. The predicted molar refractivity (Wildman–Crippen MR) is 83.5 cm³/mol. The molecule has 122 valence electrons. The number of hydrogen-bond donors (Lipinski definition) is 2. The van der Waals surface area contributed by atoms with Gasteiger partial charge in [0, 0.05) is 12.1 Å². The molecule has 0 radical (unpaired) electrons. The van der Waals surface area contributed by atoms with Crippen LogP contribution in [0.3, 0.4) is 0 Å². The number of nitrogens with one attached hydrogen (secondary N) is 1. The van der Waals surface area contributed by atoms with Gasteiger partial charge < -0.3 is 10.0 Å². The molecule has 1 aliphatic rings. The van der Waals surface area contributed by atoms with Gasteiger partial charge in [0.15, 0.2) is 0 Å². The van der Waals surface area contributed by atoms with E-state index in [0.29, 0.717) is 11.4 Å². The number of β-amino-alcohol motifs (C(OH)–C–C–N with tert-alkyl or cyclic N) is 1. The maximum atomic E-state index is 13.0. The van der Waals surface area contributed by atoms with Crippen LogP contribution in [0.5, 0.6) is 0 Å². The Morgan fingerprint density at radius 2 is 1.96 bits per heavy atom. The van der Waals surface area contributed by atoms with E-state index in [1.54, 1.807) is 29.1 Å². The molecule has 2 N–H and O–H groups in total. The van der Waals surface area contributed by atoms with Gasteiger partial charge in [-0.1, -0.05) is 12.1 Å². The van der Waals surface area contributed by atoms with Crippen molar-refractivity contribution >= 4 is 11.8 Å². The number of urea groups is 1. The first-order valence-electron chi connectivity index (χ1n) is 7.47. The fraction of sp³-hybridized carbons (Fsp3) is 0.375. The first-order chi connectivity index (χ1) is 10.9. The zero-order valence-electron chi connectivity index (χ0n) is 13.0. The topological polar surface area (TPSA) is 70.4 Å². The van der Waals surface area contributed by atoms with E-state index >= 15 is 0 Å². The van der Waals surface area contributed by atoms with Crippen LogP contribution in [-0.2, 0) is 5.60 Å². The Bertz CT molecular complexity index is 705. The molecule has 1 aromatic heterocycles. The minimum Gasteiger partial charge on any atom is -0.381 e. The number of aliphatic hydroxyl groups is 1. The van der Waals surface area contributed by atoms with Crippen LogP contribution < -0.4 is 5.32 Å². The molecule has 23 heavy (non-hydrogen) atoms. The lowest BCUT2D eigenvalue weighted by molar-refractivity contribution is -0.0793. The van der Waals surface area contributed by atoms with Crippen molar-refractivity contribution in [1.29, 1.82) is 0 Å². The number of amides is 2. The van der Waals surface area contributed by atoms with Crippen molar-refractivity contribution in [2.45, 2.75) is 25.5 Å². The van der Waals surface area contributed by atoms with Crippen LogP contribution in [0.4, 0.5) is 15.0 Å². The summed E-state index contributed by atoms with van der Waals surface area (Å²) in [6.07, 6.45) is 1.63. The molecule has 0 saturated carbocycles. The number of aromatic nitrogens is 2. The molecular formula is C16H19FN4O2. The molecule has 3 rings (SSSR count). The van der Waals surface area contributed by atoms with Crippen LogP contribution in [0.1, 0.15) is 25.5 Å². The van der Waals surface area contributed by atoms with Crippen LogP contribution in [-0.4, -0.2) is 38.9 Å². The first kappa shape index (κ1) is 15.5. The third-order valence-electron chi connectivity index (χ3n) is 3.97. The Kier molecular flexibility index (Phi) is 3.81. The normalized spacial score (nSPS) is 16.3. The number of carbonyl (C=O) groups is 1. The summed E-state index contributed by atoms with van der Waals surface area (Å²) in [5.41, 5.74) is -0.515. The summed E-state index contributed by atoms with van der Waals surface area (Å²) < 4.78 is 14.7. The second-order valence-electron chi connectivity index (χ2n) is 6.08.